The molecular weight excluding hydrogens is 335 g/mol. The van der Waals surface area contributed by atoms with Crippen molar-refractivity contribution in [2.75, 3.05) is 6.54 Å². The molecule has 1 aliphatic heterocycles. The van der Waals surface area contributed by atoms with Crippen LogP contribution < -0.4 is 5.32 Å². The average molecular weight is 357 g/mol. The van der Waals surface area contributed by atoms with E-state index in [2.05, 4.69) is 10.2 Å². The van der Waals surface area contributed by atoms with Gasteiger partial charge in [0.05, 0.1) is 11.1 Å². The fourth-order valence-electron chi connectivity index (χ4n) is 3.09. The van der Waals surface area contributed by atoms with Crippen LogP contribution in [0.15, 0.2) is 18.2 Å². The number of aliphatic carboxylic acids is 1. The fraction of sp³-hybridized carbons (Fsp3) is 0.529. The fourth-order valence-corrected chi connectivity index (χ4v) is 3.20. The van der Waals surface area contributed by atoms with E-state index >= 15 is 0 Å². The number of likely N-dealkylation sites (tertiary alicyclic amines) is 1. The number of hydrogen-bond acceptors (Lipinski definition) is 3. The van der Waals surface area contributed by atoms with Gasteiger partial charge in [0.25, 0.3) is 0 Å². The Hall–Kier alpha value is -1.66. The van der Waals surface area contributed by atoms with Gasteiger partial charge in [-0.15, -0.1) is 0 Å². The summed E-state index contributed by atoms with van der Waals surface area (Å²) in [6, 6.07) is 4.34. The van der Waals surface area contributed by atoms with Crippen LogP contribution in [0.3, 0.4) is 0 Å². The molecule has 2 rings (SSSR count). The molecule has 1 aliphatic rings. The summed E-state index contributed by atoms with van der Waals surface area (Å²) < 4.78 is 13.9. The molecule has 0 aliphatic carbocycles. The summed E-state index contributed by atoms with van der Waals surface area (Å²) in [5.74, 6) is -3.33. The lowest BCUT2D eigenvalue weighted by Gasteiger charge is -2.32. The standard InChI is InChI=1S/C17H22ClFN2O3/c1-9(2)21-7-6-14(20-16(22)10(3)17(23)24)15(21)11-4-5-12(18)13(19)8-11/h4-5,8-10,14-15H,6-7H2,1-3H3,(H,20,22)(H,23,24). The molecule has 0 radical (unpaired) electrons. The highest BCUT2D eigenvalue weighted by molar-refractivity contribution is 6.30. The number of carboxylic acid groups (broad SMARTS) is 1. The summed E-state index contributed by atoms with van der Waals surface area (Å²) >= 11 is 5.76. The van der Waals surface area contributed by atoms with Crippen LogP contribution in [0.5, 0.6) is 0 Å². The number of halogens is 2. The second kappa shape index (κ2) is 7.49. The van der Waals surface area contributed by atoms with Crippen molar-refractivity contribution >= 4 is 23.5 Å². The van der Waals surface area contributed by atoms with Crippen molar-refractivity contribution in [1.82, 2.24) is 10.2 Å². The monoisotopic (exact) mass is 356 g/mol. The zero-order valence-corrected chi connectivity index (χ0v) is 14.7. The van der Waals surface area contributed by atoms with Crippen molar-refractivity contribution in [2.24, 2.45) is 5.92 Å². The van der Waals surface area contributed by atoms with Gasteiger partial charge in [-0.1, -0.05) is 17.7 Å². The van der Waals surface area contributed by atoms with Crippen molar-refractivity contribution in [2.45, 2.75) is 45.3 Å². The predicted octanol–water partition coefficient (Wildman–Crippen LogP) is 2.84. The molecule has 3 atom stereocenters. The molecule has 1 aromatic carbocycles. The molecule has 0 aromatic heterocycles. The zero-order chi connectivity index (χ0) is 18.0. The third-order valence-corrected chi connectivity index (χ3v) is 4.78. The van der Waals surface area contributed by atoms with Crippen LogP contribution in [0.1, 0.15) is 38.8 Å². The molecule has 7 heteroatoms. The van der Waals surface area contributed by atoms with Gasteiger partial charge in [0, 0.05) is 18.6 Å². The van der Waals surface area contributed by atoms with Crippen molar-refractivity contribution in [1.29, 1.82) is 0 Å². The van der Waals surface area contributed by atoms with Crippen LogP contribution in [-0.4, -0.2) is 40.5 Å². The first-order valence-corrected chi connectivity index (χ1v) is 8.34. The third-order valence-electron chi connectivity index (χ3n) is 4.48. The normalized spacial score (nSPS) is 22.6. The topological polar surface area (TPSA) is 69.6 Å². The van der Waals surface area contributed by atoms with E-state index in [1.165, 1.54) is 19.1 Å². The lowest BCUT2D eigenvalue weighted by atomic mass is 9.98. The maximum absolute atomic E-state index is 13.9. The quantitative estimate of drug-likeness (QED) is 0.796. The summed E-state index contributed by atoms with van der Waals surface area (Å²) in [4.78, 5) is 25.3. The summed E-state index contributed by atoms with van der Waals surface area (Å²) in [5, 5.41) is 11.8. The first-order chi connectivity index (χ1) is 11.2. The number of amides is 1. The van der Waals surface area contributed by atoms with E-state index in [-0.39, 0.29) is 23.1 Å². The smallest absolute Gasteiger partial charge is 0.315 e. The first-order valence-electron chi connectivity index (χ1n) is 7.96. The van der Waals surface area contributed by atoms with Crippen LogP contribution in [0.2, 0.25) is 5.02 Å². The molecule has 0 bridgehead atoms. The van der Waals surface area contributed by atoms with Crippen molar-refractivity contribution < 1.29 is 19.1 Å². The molecule has 0 spiro atoms. The van der Waals surface area contributed by atoms with E-state index in [0.717, 1.165) is 12.1 Å². The van der Waals surface area contributed by atoms with Crippen LogP contribution in [-0.2, 0) is 9.59 Å². The Bertz CT molecular complexity index is 638. The van der Waals surface area contributed by atoms with E-state index in [1.807, 2.05) is 13.8 Å². The highest BCUT2D eigenvalue weighted by Gasteiger charge is 2.38. The second-order valence-electron chi connectivity index (χ2n) is 6.41. The van der Waals surface area contributed by atoms with Crippen molar-refractivity contribution in [3.63, 3.8) is 0 Å². The highest BCUT2D eigenvalue weighted by atomic mass is 35.5. The molecule has 1 saturated heterocycles. The largest absolute Gasteiger partial charge is 0.481 e. The lowest BCUT2D eigenvalue weighted by Crippen LogP contribution is -2.44. The van der Waals surface area contributed by atoms with Crippen molar-refractivity contribution in [3.8, 4) is 0 Å². The lowest BCUT2D eigenvalue weighted by molar-refractivity contribution is -0.146. The number of rotatable bonds is 5. The molecule has 0 saturated carbocycles. The van der Waals surface area contributed by atoms with Gasteiger partial charge in [-0.3, -0.25) is 14.5 Å². The number of nitrogens with one attached hydrogen (secondary N) is 1. The van der Waals surface area contributed by atoms with Gasteiger partial charge in [0.15, 0.2) is 0 Å². The number of carboxylic acids is 1. The van der Waals surface area contributed by atoms with E-state index < -0.39 is 23.6 Å². The van der Waals surface area contributed by atoms with E-state index in [1.54, 1.807) is 6.07 Å². The Morgan fingerprint density at radius 2 is 2.04 bits per heavy atom. The number of carbonyl (C=O) groups is 2. The van der Waals surface area contributed by atoms with Gasteiger partial charge < -0.3 is 10.4 Å². The number of carbonyl (C=O) groups excluding carboxylic acids is 1. The van der Waals surface area contributed by atoms with E-state index in [9.17, 15) is 14.0 Å². The maximum atomic E-state index is 13.9. The highest BCUT2D eigenvalue weighted by Crippen LogP contribution is 2.35. The molecule has 3 unspecified atom stereocenters. The summed E-state index contributed by atoms with van der Waals surface area (Å²) in [7, 11) is 0. The molecule has 132 valence electrons. The molecule has 1 aromatic rings. The molecule has 1 fully saturated rings. The molecular formula is C17H22ClFN2O3. The van der Waals surface area contributed by atoms with Gasteiger partial charge in [-0.25, -0.2) is 4.39 Å². The Morgan fingerprint density at radius 1 is 1.38 bits per heavy atom. The molecule has 1 heterocycles. The van der Waals surface area contributed by atoms with Gasteiger partial charge in [-0.2, -0.15) is 0 Å². The summed E-state index contributed by atoms with van der Waals surface area (Å²) in [6.07, 6.45) is 0.672. The SMILES string of the molecule is CC(C(=O)O)C(=O)NC1CCN(C(C)C)C1c1ccc(Cl)c(F)c1. The Morgan fingerprint density at radius 3 is 2.58 bits per heavy atom. The minimum atomic E-state index is -1.17. The molecule has 2 N–H and O–H groups in total. The number of nitrogens with zero attached hydrogens (tertiary/aromatic N) is 1. The summed E-state index contributed by atoms with van der Waals surface area (Å²) in [6.45, 7) is 6.15. The van der Waals surface area contributed by atoms with E-state index in [0.29, 0.717) is 6.42 Å². The van der Waals surface area contributed by atoms with Crippen LogP contribution >= 0.6 is 11.6 Å². The Labute approximate surface area is 145 Å². The van der Waals surface area contributed by atoms with Gasteiger partial charge in [0.2, 0.25) is 5.91 Å². The number of benzene rings is 1. The van der Waals surface area contributed by atoms with E-state index in [4.69, 9.17) is 16.7 Å². The Balaban J connectivity index is 2.28. The Kier molecular flexibility index (Phi) is 5.83. The predicted molar refractivity (Wildman–Crippen MR) is 89.3 cm³/mol. The number of hydrogen-bond donors (Lipinski definition) is 2. The molecule has 5 nitrogen and oxygen atoms in total. The second-order valence-corrected chi connectivity index (χ2v) is 6.82. The maximum Gasteiger partial charge on any atom is 0.315 e. The minimum Gasteiger partial charge on any atom is -0.481 e. The van der Waals surface area contributed by atoms with Crippen molar-refractivity contribution in [3.05, 3.63) is 34.6 Å². The molecule has 24 heavy (non-hydrogen) atoms. The average Bonchev–Trinajstić information content (AvgIpc) is 2.92. The minimum absolute atomic E-state index is 0.0490. The zero-order valence-electron chi connectivity index (χ0n) is 13.9. The van der Waals surface area contributed by atoms with Gasteiger partial charge in [-0.05, 0) is 44.9 Å². The van der Waals surface area contributed by atoms with Crippen LogP contribution in [0.4, 0.5) is 4.39 Å². The van der Waals surface area contributed by atoms with Crippen LogP contribution in [0, 0.1) is 11.7 Å². The third kappa shape index (κ3) is 3.87. The first kappa shape index (κ1) is 18.7. The van der Waals surface area contributed by atoms with Gasteiger partial charge in [0.1, 0.15) is 11.7 Å². The summed E-state index contributed by atoms with van der Waals surface area (Å²) in [5.41, 5.74) is 0.719. The van der Waals surface area contributed by atoms with Gasteiger partial charge >= 0.3 is 5.97 Å². The van der Waals surface area contributed by atoms with Crippen LogP contribution in [0.25, 0.3) is 0 Å². The molecule has 1 amide bonds.